The molecule has 168 valence electrons. The number of nitrogens with zero attached hydrogens (tertiary/aromatic N) is 3. The van der Waals surface area contributed by atoms with E-state index in [-0.39, 0.29) is 18.6 Å². The van der Waals surface area contributed by atoms with Crippen molar-refractivity contribution in [3.8, 4) is 5.69 Å². The maximum atomic E-state index is 12.6. The molecule has 7 nitrogen and oxygen atoms in total. The van der Waals surface area contributed by atoms with Gasteiger partial charge in [-0.1, -0.05) is 17.7 Å². The van der Waals surface area contributed by atoms with Crippen molar-refractivity contribution < 1.29 is 19.1 Å². The largest absolute Gasteiger partial charge is 0.462 e. The molecule has 1 aliphatic rings. The van der Waals surface area contributed by atoms with Crippen LogP contribution in [0.2, 0.25) is 5.02 Å². The van der Waals surface area contributed by atoms with Crippen molar-refractivity contribution in [2.24, 2.45) is 0 Å². The lowest BCUT2D eigenvalue weighted by atomic mass is 9.91. The van der Waals surface area contributed by atoms with Gasteiger partial charge < -0.3 is 14.4 Å². The zero-order valence-corrected chi connectivity index (χ0v) is 19.5. The zero-order valence-electron chi connectivity index (χ0n) is 18.8. The summed E-state index contributed by atoms with van der Waals surface area (Å²) in [5.41, 5.74) is 2.43. The van der Waals surface area contributed by atoms with E-state index in [1.165, 1.54) is 0 Å². The quantitative estimate of drug-likeness (QED) is 0.608. The van der Waals surface area contributed by atoms with Gasteiger partial charge in [0, 0.05) is 24.0 Å². The number of carbonyl (C=O) groups excluding carboxylic acids is 2. The first-order chi connectivity index (χ1) is 14.6. The van der Waals surface area contributed by atoms with Gasteiger partial charge in [0.2, 0.25) is 0 Å². The minimum atomic E-state index is -0.534. The third-order valence-electron chi connectivity index (χ3n) is 5.30. The molecule has 1 aliphatic heterocycles. The Labute approximate surface area is 188 Å². The molecule has 0 atom stereocenters. The summed E-state index contributed by atoms with van der Waals surface area (Å²) in [4.78, 5) is 26.8. The fourth-order valence-electron chi connectivity index (χ4n) is 3.80. The molecule has 0 N–H and O–H groups in total. The summed E-state index contributed by atoms with van der Waals surface area (Å²) in [6, 6.07) is 5.63. The van der Waals surface area contributed by atoms with Gasteiger partial charge in [0.05, 0.1) is 24.2 Å². The van der Waals surface area contributed by atoms with Crippen molar-refractivity contribution in [1.29, 1.82) is 0 Å². The average Bonchev–Trinajstić information content (AvgIpc) is 3.14. The van der Waals surface area contributed by atoms with Crippen LogP contribution in [0.25, 0.3) is 5.69 Å². The number of benzene rings is 1. The van der Waals surface area contributed by atoms with Crippen molar-refractivity contribution in [2.75, 3.05) is 19.7 Å². The summed E-state index contributed by atoms with van der Waals surface area (Å²) in [7, 11) is 0. The Balaban J connectivity index is 1.91. The van der Waals surface area contributed by atoms with Gasteiger partial charge in [-0.15, -0.1) is 0 Å². The van der Waals surface area contributed by atoms with Crippen LogP contribution in [0.5, 0.6) is 0 Å². The Morgan fingerprint density at radius 3 is 2.52 bits per heavy atom. The predicted molar refractivity (Wildman–Crippen MR) is 119 cm³/mol. The predicted octanol–water partition coefficient (Wildman–Crippen LogP) is 5.13. The van der Waals surface area contributed by atoms with Crippen LogP contribution in [-0.2, 0) is 9.47 Å². The lowest BCUT2D eigenvalue weighted by Gasteiger charge is -2.34. The molecule has 1 aromatic carbocycles. The van der Waals surface area contributed by atoms with E-state index in [0.717, 1.165) is 16.9 Å². The second-order valence-electron chi connectivity index (χ2n) is 8.70. The highest BCUT2D eigenvalue weighted by Gasteiger charge is 2.32. The van der Waals surface area contributed by atoms with Crippen molar-refractivity contribution in [3.63, 3.8) is 0 Å². The number of ether oxygens (including phenoxy) is 2. The maximum Gasteiger partial charge on any atom is 0.410 e. The molecule has 1 amide bonds. The number of hydrogen-bond acceptors (Lipinski definition) is 5. The van der Waals surface area contributed by atoms with Gasteiger partial charge in [-0.2, -0.15) is 5.10 Å². The third kappa shape index (κ3) is 5.21. The van der Waals surface area contributed by atoms with E-state index in [0.29, 0.717) is 36.5 Å². The minimum Gasteiger partial charge on any atom is -0.462 e. The molecular formula is C23H30ClN3O4. The monoisotopic (exact) mass is 447 g/mol. The molecule has 1 fully saturated rings. The highest BCUT2D eigenvalue weighted by atomic mass is 35.5. The Kier molecular flexibility index (Phi) is 6.94. The van der Waals surface area contributed by atoms with E-state index >= 15 is 0 Å². The van der Waals surface area contributed by atoms with Gasteiger partial charge in [-0.3, -0.25) is 0 Å². The molecule has 0 spiro atoms. The number of amides is 1. The van der Waals surface area contributed by atoms with E-state index in [2.05, 4.69) is 5.10 Å². The number of esters is 1. The number of rotatable bonds is 4. The van der Waals surface area contributed by atoms with E-state index in [1.807, 2.05) is 45.9 Å². The molecule has 0 bridgehead atoms. The number of aromatic nitrogens is 2. The van der Waals surface area contributed by atoms with Gasteiger partial charge in [0.1, 0.15) is 11.2 Å². The molecule has 8 heteroatoms. The lowest BCUT2D eigenvalue weighted by Crippen LogP contribution is -2.41. The molecule has 0 aliphatic carbocycles. The zero-order chi connectivity index (χ0) is 22.8. The van der Waals surface area contributed by atoms with E-state index < -0.39 is 11.6 Å². The molecule has 0 unspecified atom stereocenters. The normalized spacial score (nSPS) is 15.1. The Bertz CT molecular complexity index is 956. The second-order valence-corrected chi connectivity index (χ2v) is 9.11. The molecule has 31 heavy (non-hydrogen) atoms. The average molecular weight is 448 g/mol. The van der Waals surface area contributed by atoms with Gasteiger partial charge in [-0.25, -0.2) is 14.3 Å². The molecule has 0 radical (unpaired) electrons. The third-order valence-corrected chi connectivity index (χ3v) is 5.71. The molecule has 1 aromatic heterocycles. The number of carbonyl (C=O) groups is 2. The fraction of sp³-hybridized carbons (Fsp3) is 0.522. The van der Waals surface area contributed by atoms with Crippen molar-refractivity contribution in [2.45, 2.75) is 59.0 Å². The summed E-state index contributed by atoms with van der Waals surface area (Å²) < 4.78 is 12.6. The highest BCUT2D eigenvalue weighted by Crippen LogP contribution is 2.34. The molecular weight excluding hydrogens is 418 g/mol. The lowest BCUT2D eigenvalue weighted by molar-refractivity contribution is 0.0202. The Morgan fingerprint density at radius 1 is 1.23 bits per heavy atom. The minimum absolute atomic E-state index is 0.0407. The van der Waals surface area contributed by atoms with E-state index in [1.54, 1.807) is 22.7 Å². The molecule has 0 saturated carbocycles. The highest BCUT2D eigenvalue weighted by molar-refractivity contribution is 6.31. The first kappa shape index (κ1) is 23.1. The molecule has 3 rings (SSSR count). The van der Waals surface area contributed by atoms with Crippen LogP contribution in [-0.4, -0.2) is 52.0 Å². The Morgan fingerprint density at radius 2 is 1.90 bits per heavy atom. The van der Waals surface area contributed by atoms with Crippen LogP contribution in [0.4, 0.5) is 4.79 Å². The van der Waals surface area contributed by atoms with Gasteiger partial charge >= 0.3 is 12.1 Å². The van der Waals surface area contributed by atoms with Crippen LogP contribution in [0.15, 0.2) is 24.4 Å². The number of likely N-dealkylation sites (tertiary alicyclic amines) is 1. The number of halogens is 1. The summed E-state index contributed by atoms with van der Waals surface area (Å²) in [5, 5.41) is 5.16. The smallest absolute Gasteiger partial charge is 0.410 e. The van der Waals surface area contributed by atoms with Gasteiger partial charge in [0.25, 0.3) is 0 Å². The standard InChI is InChI=1S/C23H30ClN3O4/c1-6-30-21(28)17-14-25-27(19-9-7-8-18(24)15(19)2)20(17)16-10-12-26(13-11-16)22(29)31-23(3,4)5/h7-9,14,16H,6,10-13H2,1-5H3. The maximum absolute atomic E-state index is 12.6. The SMILES string of the molecule is CCOC(=O)c1cnn(-c2cccc(Cl)c2C)c1C1CCN(C(=O)OC(C)(C)C)CC1. The molecule has 2 heterocycles. The Hall–Kier alpha value is -2.54. The number of hydrogen-bond donors (Lipinski definition) is 0. The molecule has 1 saturated heterocycles. The van der Waals surface area contributed by atoms with E-state index in [4.69, 9.17) is 21.1 Å². The summed E-state index contributed by atoms with van der Waals surface area (Å²) in [5.74, 6) is -0.350. The van der Waals surface area contributed by atoms with Crippen LogP contribution in [0, 0.1) is 6.92 Å². The van der Waals surface area contributed by atoms with Crippen molar-refractivity contribution in [1.82, 2.24) is 14.7 Å². The van der Waals surface area contributed by atoms with Gasteiger partial charge in [-0.05, 0) is 65.2 Å². The summed E-state index contributed by atoms with van der Waals surface area (Å²) in [6.07, 6.45) is 2.64. The first-order valence-electron chi connectivity index (χ1n) is 10.6. The van der Waals surface area contributed by atoms with Crippen molar-refractivity contribution in [3.05, 3.63) is 46.2 Å². The molecule has 2 aromatic rings. The van der Waals surface area contributed by atoms with Crippen molar-refractivity contribution >= 4 is 23.7 Å². The summed E-state index contributed by atoms with van der Waals surface area (Å²) in [6.45, 7) is 10.7. The van der Waals surface area contributed by atoms with Crippen LogP contribution in [0.3, 0.4) is 0 Å². The van der Waals surface area contributed by atoms with Crippen LogP contribution >= 0.6 is 11.6 Å². The topological polar surface area (TPSA) is 73.7 Å². The summed E-state index contributed by atoms with van der Waals surface area (Å²) >= 11 is 6.34. The van der Waals surface area contributed by atoms with Crippen LogP contribution in [0.1, 0.15) is 68.1 Å². The number of piperidine rings is 1. The first-order valence-corrected chi connectivity index (χ1v) is 11.0. The van der Waals surface area contributed by atoms with Gasteiger partial charge in [0.15, 0.2) is 0 Å². The second kappa shape index (κ2) is 9.30. The van der Waals surface area contributed by atoms with Crippen LogP contribution < -0.4 is 0 Å². The van der Waals surface area contributed by atoms with E-state index in [9.17, 15) is 9.59 Å². The fourth-order valence-corrected chi connectivity index (χ4v) is 3.97.